The van der Waals surface area contributed by atoms with Crippen molar-refractivity contribution < 1.29 is 30.6 Å². The number of imidazole rings is 1. The van der Waals surface area contributed by atoms with Gasteiger partial charge in [-0.2, -0.15) is 21.6 Å². The van der Waals surface area contributed by atoms with Crippen molar-refractivity contribution in [1.29, 1.82) is 0 Å². The van der Waals surface area contributed by atoms with Gasteiger partial charge in [0, 0.05) is 17.6 Å². The molecule has 2 aromatic heterocycles. The number of halogens is 4. The maximum atomic E-state index is 13.3. The molecule has 0 aliphatic heterocycles. The zero-order valence-electron chi connectivity index (χ0n) is 19.7. The number of benzene rings is 1. The largest absolute Gasteiger partial charge is 0.434 e. The van der Waals surface area contributed by atoms with Gasteiger partial charge in [-0.05, 0) is 37.1 Å². The van der Waals surface area contributed by atoms with Gasteiger partial charge in [-0.15, -0.1) is 5.10 Å². The highest BCUT2D eigenvalue weighted by Crippen LogP contribution is 2.31. The predicted octanol–water partition coefficient (Wildman–Crippen LogP) is 4.11. The highest BCUT2D eigenvalue weighted by atomic mass is 35.5. The van der Waals surface area contributed by atoms with E-state index in [1.165, 1.54) is 11.6 Å². The summed E-state index contributed by atoms with van der Waals surface area (Å²) >= 11 is 5.95. The minimum absolute atomic E-state index is 0.0873. The van der Waals surface area contributed by atoms with E-state index in [4.69, 9.17) is 15.8 Å². The first-order valence-corrected chi connectivity index (χ1v) is 12.9. The number of anilines is 1. The lowest BCUT2D eigenvalue weighted by Gasteiger charge is -2.19. The summed E-state index contributed by atoms with van der Waals surface area (Å²) in [5.41, 5.74) is -0.0111. The van der Waals surface area contributed by atoms with E-state index in [1.807, 2.05) is 13.8 Å². The molecule has 0 aliphatic rings. The molecule has 0 fully saturated rings. The number of hydrogen-bond donors (Lipinski definition) is 1. The fourth-order valence-electron chi connectivity index (χ4n) is 3.52. The maximum Gasteiger partial charge on any atom is 0.434 e. The van der Waals surface area contributed by atoms with E-state index in [2.05, 4.69) is 20.6 Å². The van der Waals surface area contributed by atoms with Gasteiger partial charge in [0.1, 0.15) is 11.9 Å². The summed E-state index contributed by atoms with van der Waals surface area (Å²) in [5.74, 6) is -0.889. The summed E-state index contributed by atoms with van der Waals surface area (Å²) in [5, 5.41) is 11.3. The average molecular weight is 549 g/mol. The molecule has 36 heavy (non-hydrogen) atoms. The minimum atomic E-state index is -4.73. The van der Waals surface area contributed by atoms with Crippen LogP contribution in [0.25, 0.3) is 5.69 Å². The Hall–Kier alpha value is -2.97. The van der Waals surface area contributed by atoms with E-state index in [1.54, 1.807) is 24.3 Å². The van der Waals surface area contributed by atoms with E-state index >= 15 is 0 Å². The number of rotatable bonds is 9. The van der Waals surface area contributed by atoms with Gasteiger partial charge in [0.15, 0.2) is 11.5 Å². The first kappa shape index (κ1) is 27.6. The molecule has 0 saturated carbocycles. The SMILES string of the molecule is Cc1nc(C(F)(F)F)cn1C(CCOS(C)(=O)=O)C(=O)Nc1nnn(-c2ccc(Cl)cc2)c1C(C)C. The average Bonchev–Trinajstić information content (AvgIpc) is 3.34. The van der Waals surface area contributed by atoms with Crippen molar-refractivity contribution in [3.8, 4) is 5.69 Å². The third kappa shape index (κ3) is 6.62. The number of alkyl halides is 3. The highest BCUT2D eigenvalue weighted by Gasteiger charge is 2.36. The van der Waals surface area contributed by atoms with Crippen LogP contribution in [0.4, 0.5) is 19.0 Å². The van der Waals surface area contributed by atoms with E-state index in [9.17, 15) is 26.4 Å². The second kappa shape index (κ2) is 10.6. The van der Waals surface area contributed by atoms with Crippen LogP contribution in [-0.2, 0) is 25.3 Å². The van der Waals surface area contributed by atoms with Gasteiger partial charge in [-0.1, -0.05) is 30.7 Å². The van der Waals surface area contributed by atoms with Gasteiger partial charge in [0.2, 0.25) is 5.91 Å². The molecule has 15 heteroatoms. The van der Waals surface area contributed by atoms with E-state index < -0.39 is 40.5 Å². The van der Waals surface area contributed by atoms with Crippen LogP contribution in [0.1, 0.15) is 49.4 Å². The topological polar surface area (TPSA) is 121 Å². The molecule has 0 bridgehead atoms. The van der Waals surface area contributed by atoms with Gasteiger partial charge in [0.25, 0.3) is 10.1 Å². The van der Waals surface area contributed by atoms with Gasteiger partial charge in [-0.3, -0.25) is 8.98 Å². The summed E-state index contributed by atoms with van der Waals surface area (Å²) < 4.78 is 69.7. The number of aromatic nitrogens is 5. The summed E-state index contributed by atoms with van der Waals surface area (Å²) in [7, 11) is -3.83. The Balaban J connectivity index is 1.96. The lowest BCUT2D eigenvalue weighted by Crippen LogP contribution is -2.28. The molecule has 3 rings (SSSR count). The normalized spacial score (nSPS) is 13.2. The van der Waals surface area contributed by atoms with Crippen LogP contribution < -0.4 is 5.32 Å². The number of aryl methyl sites for hydroxylation is 1. The molecule has 3 aromatic rings. The van der Waals surface area contributed by atoms with E-state index in [-0.39, 0.29) is 24.0 Å². The van der Waals surface area contributed by atoms with Crippen LogP contribution in [0, 0.1) is 6.92 Å². The Labute approximate surface area is 210 Å². The molecule has 0 saturated heterocycles. The molecule has 1 aromatic carbocycles. The molecular weight excluding hydrogens is 525 g/mol. The van der Waals surface area contributed by atoms with Crippen molar-refractivity contribution in [2.75, 3.05) is 18.2 Å². The number of carbonyl (C=O) groups excluding carboxylic acids is 1. The van der Waals surface area contributed by atoms with Gasteiger partial charge < -0.3 is 9.88 Å². The molecule has 2 heterocycles. The molecule has 1 unspecified atom stereocenters. The number of hydrogen-bond acceptors (Lipinski definition) is 7. The Kier molecular flexibility index (Phi) is 8.10. The minimum Gasteiger partial charge on any atom is -0.322 e. The Bertz CT molecular complexity index is 1340. The molecule has 1 amide bonds. The summed E-state index contributed by atoms with van der Waals surface area (Å²) in [6.45, 7) is 4.58. The van der Waals surface area contributed by atoms with Gasteiger partial charge >= 0.3 is 6.18 Å². The van der Waals surface area contributed by atoms with Crippen molar-refractivity contribution in [1.82, 2.24) is 24.5 Å². The quantitative estimate of drug-likeness (QED) is 0.399. The molecular formula is C21H24ClF3N6O4S. The molecule has 0 spiro atoms. The number of carbonyl (C=O) groups is 1. The first-order valence-electron chi connectivity index (χ1n) is 10.7. The van der Waals surface area contributed by atoms with E-state index in [0.29, 0.717) is 22.6 Å². The van der Waals surface area contributed by atoms with Crippen LogP contribution in [0.2, 0.25) is 5.02 Å². The zero-order valence-corrected chi connectivity index (χ0v) is 21.3. The van der Waals surface area contributed by atoms with Crippen LogP contribution in [0.3, 0.4) is 0 Å². The second-order valence-corrected chi connectivity index (χ2v) is 10.3. The van der Waals surface area contributed by atoms with Gasteiger partial charge in [-0.25, -0.2) is 9.67 Å². The Morgan fingerprint density at radius 3 is 2.39 bits per heavy atom. The highest BCUT2D eigenvalue weighted by molar-refractivity contribution is 7.85. The summed E-state index contributed by atoms with van der Waals surface area (Å²) in [6.07, 6.45) is -3.45. The van der Waals surface area contributed by atoms with Crippen molar-refractivity contribution >= 4 is 33.4 Å². The van der Waals surface area contributed by atoms with Crippen molar-refractivity contribution in [2.24, 2.45) is 0 Å². The van der Waals surface area contributed by atoms with E-state index in [0.717, 1.165) is 10.8 Å². The predicted molar refractivity (Wildman–Crippen MR) is 126 cm³/mol. The zero-order chi connectivity index (χ0) is 26.8. The van der Waals surface area contributed by atoms with Crippen LogP contribution in [0.15, 0.2) is 30.5 Å². The fraction of sp³-hybridized carbons (Fsp3) is 0.429. The Morgan fingerprint density at radius 1 is 1.22 bits per heavy atom. The third-order valence-corrected chi connectivity index (χ3v) is 5.95. The maximum absolute atomic E-state index is 13.3. The molecule has 0 aliphatic carbocycles. The fourth-order valence-corrected chi connectivity index (χ4v) is 4.04. The molecule has 1 atom stereocenters. The second-order valence-electron chi connectivity index (χ2n) is 8.26. The van der Waals surface area contributed by atoms with Gasteiger partial charge in [0.05, 0.1) is 24.2 Å². The molecule has 10 nitrogen and oxygen atoms in total. The lowest BCUT2D eigenvalue weighted by molar-refractivity contribution is -0.141. The van der Waals surface area contributed by atoms with Crippen molar-refractivity contribution in [2.45, 2.75) is 45.3 Å². The van der Waals surface area contributed by atoms with Crippen LogP contribution in [0.5, 0.6) is 0 Å². The summed E-state index contributed by atoms with van der Waals surface area (Å²) in [4.78, 5) is 16.8. The lowest BCUT2D eigenvalue weighted by atomic mass is 10.1. The Morgan fingerprint density at radius 2 is 1.86 bits per heavy atom. The number of nitrogens with one attached hydrogen (secondary N) is 1. The third-order valence-electron chi connectivity index (χ3n) is 5.10. The van der Waals surface area contributed by atoms with Crippen LogP contribution >= 0.6 is 11.6 Å². The smallest absolute Gasteiger partial charge is 0.322 e. The number of amides is 1. The van der Waals surface area contributed by atoms with Crippen molar-refractivity contribution in [3.63, 3.8) is 0 Å². The first-order chi connectivity index (χ1) is 16.7. The van der Waals surface area contributed by atoms with Crippen LogP contribution in [-0.4, -0.2) is 51.7 Å². The number of nitrogens with zero attached hydrogens (tertiary/aromatic N) is 5. The molecule has 1 N–H and O–H groups in total. The standard InChI is InChI=1S/C21H24ClF3N6O4S/c1-12(2)18-19(28-29-31(18)15-7-5-14(22)6-8-15)27-20(32)16(9-10-35-36(4,33)34)30-11-17(21(23,24)25)26-13(30)3/h5-8,11-12,16H,9-10H2,1-4H3,(H,27,32). The molecule has 196 valence electrons. The summed E-state index contributed by atoms with van der Waals surface area (Å²) in [6, 6.07) is 5.48. The van der Waals surface area contributed by atoms with Crippen molar-refractivity contribution in [3.05, 3.63) is 52.7 Å². The monoisotopic (exact) mass is 548 g/mol. The molecule has 0 radical (unpaired) electrons.